The number of rotatable bonds is 9. The fraction of sp³-hybridized carbons (Fsp3) is 0.360. The van der Waals surface area contributed by atoms with Gasteiger partial charge in [0.1, 0.15) is 23.7 Å². The monoisotopic (exact) mass is 569 g/mol. The number of nitrogens with one attached hydrogen (secondary N) is 2. The molecule has 0 aliphatic carbocycles. The number of halogens is 4. The first-order chi connectivity index (χ1) is 18.1. The van der Waals surface area contributed by atoms with Gasteiger partial charge in [-0.25, -0.2) is 9.37 Å². The van der Waals surface area contributed by atoms with Gasteiger partial charge >= 0.3 is 6.61 Å². The molecule has 2 N–H and O–H groups in total. The zero-order valence-electron chi connectivity index (χ0n) is 21.1. The molecule has 1 aliphatic rings. The number of aromatic nitrogens is 2. The van der Waals surface area contributed by atoms with Gasteiger partial charge in [-0.2, -0.15) is 13.8 Å². The normalized spacial score (nSPS) is 14.6. The van der Waals surface area contributed by atoms with Gasteiger partial charge in [0, 0.05) is 25.5 Å². The van der Waals surface area contributed by atoms with Crippen LogP contribution in [0.4, 0.5) is 42.0 Å². The van der Waals surface area contributed by atoms with Crippen molar-refractivity contribution < 1.29 is 27.2 Å². The second-order valence-corrected chi connectivity index (χ2v) is 12.7. The van der Waals surface area contributed by atoms with E-state index in [9.17, 15) is 17.7 Å². The summed E-state index contributed by atoms with van der Waals surface area (Å²) in [7, 11) is -1.02. The lowest BCUT2D eigenvalue weighted by atomic mass is 10.1. The molecule has 0 bridgehead atoms. The highest BCUT2D eigenvalue weighted by molar-refractivity contribution is 7.70. The highest BCUT2D eigenvalue weighted by Crippen LogP contribution is 2.42. The predicted molar refractivity (Wildman–Crippen MR) is 144 cm³/mol. The molecule has 2 aromatic carbocycles. The quantitative estimate of drug-likeness (QED) is 0.294. The third-order valence-electron chi connectivity index (χ3n) is 6.11. The van der Waals surface area contributed by atoms with Gasteiger partial charge in [0.25, 0.3) is 0 Å². The van der Waals surface area contributed by atoms with E-state index in [-0.39, 0.29) is 40.0 Å². The minimum absolute atomic E-state index is 0.000302. The Morgan fingerprint density at radius 3 is 2.47 bits per heavy atom. The second kappa shape index (κ2) is 11.8. The van der Waals surface area contributed by atoms with E-state index in [4.69, 9.17) is 21.1 Å². The van der Waals surface area contributed by atoms with E-state index >= 15 is 0 Å². The molecule has 0 saturated carbocycles. The SMILES string of the molecule is COC1CCN(c2c(F)ccc(Nc3ncc(Cl)c(Nc4ccccc4P(C)(C)=O)n3)c2OC(F)F)CC1. The van der Waals surface area contributed by atoms with Crippen molar-refractivity contribution in [3.8, 4) is 5.75 Å². The van der Waals surface area contributed by atoms with Gasteiger partial charge in [0.05, 0.1) is 23.7 Å². The van der Waals surface area contributed by atoms with Crippen LogP contribution in [-0.4, -0.2) is 56.2 Å². The summed E-state index contributed by atoms with van der Waals surface area (Å²) < 4.78 is 64.7. The van der Waals surface area contributed by atoms with Crippen LogP contribution in [0, 0.1) is 5.82 Å². The van der Waals surface area contributed by atoms with Crippen molar-refractivity contribution in [2.75, 3.05) is 49.1 Å². The molecule has 38 heavy (non-hydrogen) atoms. The van der Waals surface area contributed by atoms with Crippen LogP contribution in [0.15, 0.2) is 42.6 Å². The largest absolute Gasteiger partial charge is 0.430 e. The van der Waals surface area contributed by atoms with Gasteiger partial charge in [-0.05, 0) is 50.4 Å². The van der Waals surface area contributed by atoms with Crippen LogP contribution in [0.1, 0.15) is 12.8 Å². The van der Waals surface area contributed by atoms with Gasteiger partial charge < -0.3 is 29.6 Å². The first kappa shape index (κ1) is 28.0. The average molecular weight is 570 g/mol. The van der Waals surface area contributed by atoms with E-state index in [0.717, 1.165) is 0 Å². The number of ether oxygens (including phenoxy) is 2. The Labute approximate surface area is 223 Å². The van der Waals surface area contributed by atoms with Crippen LogP contribution in [0.5, 0.6) is 5.75 Å². The summed E-state index contributed by atoms with van der Waals surface area (Å²) in [6, 6.07) is 9.50. The summed E-state index contributed by atoms with van der Waals surface area (Å²) in [5.74, 6) is -0.848. The zero-order chi connectivity index (χ0) is 27.4. The van der Waals surface area contributed by atoms with Crippen LogP contribution < -0.4 is 25.6 Å². The highest BCUT2D eigenvalue weighted by Gasteiger charge is 2.28. The molecule has 0 amide bonds. The van der Waals surface area contributed by atoms with Crippen molar-refractivity contribution in [3.63, 3.8) is 0 Å². The van der Waals surface area contributed by atoms with Crippen molar-refractivity contribution in [1.29, 1.82) is 0 Å². The molecule has 3 aromatic rings. The van der Waals surface area contributed by atoms with Crippen LogP contribution >= 0.6 is 18.7 Å². The van der Waals surface area contributed by atoms with Gasteiger partial charge in [0.2, 0.25) is 5.95 Å². The number of para-hydroxylation sites is 1. The van der Waals surface area contributed by atoms with Gasteiger partial charge in [0.15, 0.2) is 11.6 Å². The third kappa shape index (κ3) is 6.51. The van der Waals surface area contributed by atoms with E-state index in [0.29, 0.717) is 36.9 Å². The minimum Gasteiger partial charge on any atom is -0.430 e. The Morgan fingerprint density at radius 1 is 1.11 bits per heavy atom. The molecule has 0 atom stereocenters. The number of piperidine rings is 1. The number of nitrogens with zero attached hydrogens (tertiary/aromatic N) is 3. The maximum absolute atomic E-state index is 15.0. The first-order valence-electron chi connectivity index (χ1n) is 11.8. The van der Waals surface area contributed by atoms with Crippen LogP contribution in [-0.2, 0) is 9.30 Å². The maximum atomic E-state index is 15.0. The minimum atomic E-state index is -3.19. The van der Waals surface area contributed by atoms with E-state index in [1.165, 1.54) is 18.3 Å². The van der Waals surface area contributed by atoms with Gasteiger partial charge in [-0.3, -0.25) is 0 Å². The topological polar surface area (TPSA) is 88.6 Å². The molecule has 1 aliphatic heterocycles. The second-order valence-electron chi connectivity index (χ2n) is 9.08. The summed E-state index contributed by atoms with van der Waals surface area (Å²) in [6.45, 7) is 0.920. The fourth-order valence-electron chi connectivity index (χ4n) is 4.28. The van der Waals surface area contributed by atoms with Crippen molar-refractivity contribution in [1.82, 2.24) is 9.97 Å². The molecule has 0 spiro atoms. The standard InChI is InChI=1S/C25H28ClF3N5O3P/c1-36-15-10-12-34(13-11-15)21-17(27)8-9-19(22(21)37-24(28)29)32-25-30-14-16(26)23(33-25)31-18-6-4-5-7-20(18)38(2,3)35/h4-9,14-15,24H,10-13H2,1-3H3,(H2,30,31,32,33). The summed E-state index contributed by atoms with van der Waals surface area (Å²) >= 11 is 6.31. The summed E-state index contributed by atoms with van der Waals surface area (Å²) in [5, 5.41) is 6.71. The molecule has 204 valence electrons. The van der Waals surface area contributed by atoms with E-state index in [1.54, 1.807) is 49.6 Å². The molecule has 8 nitrogen and oxygen atoms in total. The Balaban J connectivity index is 1.67. The zero-order valence-corrected chi connectivity index (χ0v) is 22.7. The number of anilines is 5. The van der Waals surface area contributed by atoms with Crippen molar-refractivity contribution in [2.24, 2.45) is 0 Å². The summed E-state index contributed by atoms with van der Waals surface area (Å²) in [6.07, 6.45) is 2.57. The van der Waals surface area contributed by atoms with Crippen LogP contribution in [0.25, 0.3) is 0 Å². The first-order valence-corrected chi connectivity index (χ1v) is 14.8. The van der Waals surface area contributed by atoms with Crippen molar-refractivity contribution in [2.45, 2.75) is 25.6 Å². The molecule has 0 unspecified atom stereocenters. The van der Waals surface area contributed by atoms with Crippen molar-refractivity contribution in [3.05, 3.63) is 53.4 Å². The third-order valence-corrected chi connectivity index (χ3v) is 7.94. The predicted octanol–water partition coefficient (Wildman–Crippen LogP) is 6.22. The molecular weight excluding hydrogens is 542 g/mol. The molecular formula is C25H28ClF3N5O3P. The molecule has 4 rings (SSSR count). The average Bonchev–Trinajstić information content (AvgIpc) is 2.87. The van der Waals surface area contributed by atoms with Crippen LogP contribution in [0.3, 0.4) is 0 Å². The molecule has 13 heteroatoms. The smallest absolute Gasteiger partial charge is 0.387 e. The number of hydrogen-bond acceptors (Lipinski definition) is 8. The lowest BCUT2D eigenvalue weighted by molar-refractivity contribution is -0.0492. The molecule has 1 aromatic heterocycles. The summed E-state index contributed by atoms with van der Waals surface area (Å²) in [5.41, 5.74) is 0.529. The van der Waals surface area contributed by atoms with E-state index in [2.05, 4.69) is 20.6 Å². The molecule has 1 fully saturated rings. The van der Waals surface area contributed by atoms with Crippen LogP contribution in [0.2, 0.25) is 5.02 Å². The Bertz CT molecular complexity index is 1340. The van der Waals surface area contributed by atoms with Gasteiger partial charge in [-0.15, -0.1) is 0 Å². The number of hydrogen-bond donors (Lipinski definition) is 2. The lowest BCUT2D eigenvalue weighted by Gasteiger charge is -2.34. The van der Waals surface area contributed by atoms with Gasteiger partial charge in [-0.1, -0.05) is 23.7 Å². The summed E-state index contributed by atoms with van der Waals surface area (Å²) in [4.78, 5) is 10.2. The molecule has 0 radical (unpaired) electrons. The number of benzene rings is 2. The lowest BCUT2D eigenvalue weighted by Crippen LogP contribution is -2.37. The molecule has 2 heterocycles. The highest BCUT2D eigenvalue weighted by atomic mass is 35.5. The molecule has 1 saturated heterocycles. The fourth-order valence-corrected chi connectivity index (χ4v) is 5.57. The Hall–Kier alpha value is -3.01. The van der Waals surface area contributed by atoms with E-state index in [1.807, 2.05) is 0 Å². The number of methoxy groups -OCH3 is 1. The number of alkyl halides is 2. The van der Waals surface area contributed by atoms with Crippen molar-refractivity contribution >= 4 is 52.9 Å². The van der Waals surface area contributed by atoms with E-state index < -0.39 is 19.6 Å². The Kier molecular flexibility index (Phi) is 8.70. The Morgan fingerprint density at radius 2 is 1.82 bits per heavy atom. The maximum Gasteiger partial charge on any atom is 0.387 e.